The van der Waals surface area contributed by atoms with Crippen LogP contribution in [0.25, 0.3) is 0 Å². The molecule has 0 saturated heterocycles. The third kappa shape index (κ3) is 7.42. The zero-order valence-corrected chi connectivity index (χ0v) is 24.5. The highest BCUT2D eigenvalue weighted by Crippen LogP contribution is 2.34. The lowest BCUT2D eigenvalue weighted by molar-refractivity contribution is -0.143. The van der Waals surface area contributed by atoms with Gasteiger partial charge in [0.2, 0.25) is 5.91 Å². The number of halogens is 4. The highest BCUT2D eigenvalue weighted by Gasteiger charge is 2.47. The molecule has 2 aromatic carbocycles. The van der Waals surface area contributed by atoms with Gasteiger partial charge in [-0.1, -0.05) is 18.9 Å². The van der Waals surface area contributed by atoms with Gasteiger partial charge >= 0.3 is 11.5 Å². The van der Waals surface area contributed by atoms with Crippen LogP contribution in [0.5, 0.6) is 11.5 Å². The molecular formula is C29H32F4N2O8S. The molecule has 0 aromatic heterocycles. The van der Waals surface area contributed by atoms with Crippen LogP contribution in [0, 0.1) is 17.7 Å². The van der Waals surface area contributed by atoms with Gasteiger partial charge in [0.15, 0.2) is 11.6 Å². The molecule has 2 atom stereocenters. The minimum Gasteiger partial charge on any atom is -0.496 e. The first kappa shape index (κ1) is 33.0. The molecule has 2 amide bonds. The molecule has 0 heterocycles. The van der Waals surface area contributed by atoms with Gasteiger partial charge in [0, 0.05) is 17.8 Å². The fourth-order valence-corrected chi connectivity index (χ4v) is 6.36. The lowest BCUT2D eigenvalue weighted by Gasteiger charge is -2.31. The Kier molecular flexibility index (Phi) is 10.1. The number of carboxylic acid groups (broad SMARTS) is 1. The molecule has 2 aliphatic carbocycles. The number of hydrogen-bond donors (Lipinski definition) is 3. The van der Waals surface area contributed by atoms with Gasteiger partial charge in [-0.05, 0) is 62.8 Å². The Labute approximate surface area is 251 Å². The Balaban J connectivity index is 1.48. The summed E-state index contributed by atoms with van der Waals surface area (Å²) in [6.45, 7) is 0. The van der Waals surface area contributed by atoms with Gasteiger partial charge in [0.25, 0.3) is 15.7 Å². The molecule has 2 saturated carbocycles. The minimum atomic E-state index is -5.63. The second-order valence-corrected chi connectivity index (χ2v) is 12.8. The molecule has 4 rings (SSSR count). The molecule has 44 heavy (non-hydrogen) atoms. The van der Waals surface area contributed by atoms with Crippen molar-refractivity contribution in [2.45, 2.75) is 73.9 Å². The van der Waals surface area contributed by atoms with Gasteiger partial charge in [-0.15, -0.1) is 0 Å². The maximum absolute atomic E-state index is 14.9. The van der Waals surface area contributed by atoms with Crippen molar-refractivity contribution in [2.75, 3.05) is 12.4 Å². The topological polar surface area (TPSA) is 148 Å². The van der Waals surface area contributed by atoms with Crippen molar-refractivity contribution in [3.8, 4) is 11.5 Å². The molecule has 0 radical (unpaired) electrons. The lowest BCUT2D eigenvalue weighted by atomic mass is 9.83. The number of carbonyl (C=O) groups excluding carboxylic acids is 2. The molecule has 3 N–H and O–H groups in total. The summed E-state index contributed by atoms with van der Waals surface area (Å²) in [5.41, 5.74) is -5.73. The Bertz CT molecular complexity index is 1510. The molecule has 10 nitrogen and oxygen atoms in total. The standard InChI is InChI=1S/C29H32F4N2O8S/c1-42-24-15-22(30)25(43-18-11-9-16(10-12-18)28(38)39)14-21(24)27(37)35-23-8-3-2-7-20(23)26(36)34-17-5-4-6-19(13-17)44(40,41)29(31,32)33/h4-6,13-16,18,20,23H,2-3,7-12H2,1H3,(H,34,36)(H,35,37)(H,38,39). The van der Waals surface area contributed by atoms with E-state index in [1.165, 1.54) is 19.2 Å². The van der Waals surface area contributed by atoms with Crippen LogP contribution in [0.15, 0.2) is 41.3 Å². The molecular weight excluding hydrogens is 612 g/mol. The van der Waals surface area contributed by atoms with Crippen LogP contribution >= 0.6 is 0 Å². The fraction of sp³-hybridized carbons (Fsp3) is 0.483. The van der Waals surface area contributed by atoms with E-state index in [0.29, 0.717) is 51.4 Å². The average molecular weight is 645 g/mol. The SMILES string of the molecule is COc1cc(F)c(OC2CCC(C(=O)O)CC2)cc1C(=O)NC1CCCCC1C(=O)Nc1cccc(S(=O)(=O)C(F)(F)F)c1. The quantitative estimate of drug-likeness (QED) is 0.321. The van der Waals surface area contributed by atoms with Crippen LogP contribution in [0.3, 0.4) is 0 Å². The molecule has 2 unspecified atom stereocenters. The minimum absolute atomic E-state index is 0.0575. The maximum atomic E-state index is 14.9. The van der Waals surface area contributed by atoms with E-state index in [1.54, 1.807) is 0 Å². The number of ether oxygens (including phenoxy) is 2. The zero-order chi connectivity index (χ0) is 32.2. The highest BCUT2D eigenvalue weighted by atomic mass is 32.2. The molecule has 2 aliphatic rings. The van der Waals surface area contributed by atoms with E-state index in [2.05, 4.69) is 10.6 Å². The van der Waals surface area contributed by atoms with E-state index in [9.17, 15) is 45.5 Å². The number of methoxy groups -OCH3 is 1. The predicted molar refractivity (Wildman–Crippen MR) is 148 cm³/mol. The largest absolute Gasteiger partial charge is 0.501 e. The molecule has 0 spiro atoms. The summed E-state index contributed by atoms with van der Waals surface area (Å²) in [7, 11) is -4.37. The first-order valence-electron chi connectivity index (χ1n) is 14.0. The number of carbonyl (C=O) groups is 3. The number of anilines is 1. The third-order valence-electron chi connectivity index (χ3n) is 7.95. The Morgan fingerprint density at radius 3 is 2.27 bits per heavy atom. The van der Waals surface area contributed by atoms with Crippen LogP contribution in [0.1, 0.15) is 61.7 Å². The van der Waals surface area contributed by atoms with Gasteiger partial charge in [-0.25, -0.2) is 12.8 Å². The molecule has 15 heteroatoms. The summed E-state index contributed by atoms with van der Waals surface area (Å²) in [5, 5.41) is 14.4. The van der Waals surface area contributed by atoms with Crippen molar-refractivity contribution >= 4 is 33.3 Å². The summed E-state index contributed by atoms with van der Waals surface area (Å²) in [6, 6.07) is 5.31. The zero-order valence-electron chi connectivity index (χ0n) is 23.7. The number of carboxylic acids is 1. The van der Waals surface area contributed by atoms with E-state index < -0.39 is 67.8 Å². The third-order valence-corrected chi connectivity index (χ3v) is 9.44. The van der Waals surface area contributed by atoms with Crippen molar-refractivity contribution < 1.29 is 54.9 Å². The summed E-state index contributed by atoms with van der Waals surface area (Å²) >= 11 is 0. The normalized spacial score (nSPS) is 22.5. The van der Waals surface area contributed by atoms with E-state index in [1.807, 2.05) is 0 Å². The average Bonchev–Trinajstić information content (AvgIpc) is 2.98. The smallest absolute Gasteiger partial charge is 0.496 e. The maximum Gasteiger partial charge on any atom is 0.501 e. The monoisotopic (exact) mass is 644 g/mol. The van der Waals surface area contributed by atoms with E-state index >= 15 is 0 Å². The van der Waals surface area contributed by atoms with Gasteiger partial charge in [0.05, 0.1) is 35.5 Å². The van der Waals surface area contributed by atoms with Gasteiger partial charge in [0.1, 0.15) is 5.75 Å². The number of rotatable bonds is 9. The van der Waals surface area contributed by atoms with Gasteiger partial charge in [-0.3, -0.25) is 14.4 Å². The Morgan fingerprint density at radius 2 is 1.64 bits per heavy atom. The molecule has 0 aliphatic heterocycles. The second-order valence-electron chi connectivity index (χ2n) is 10.8. The summed E-state index contributed by atoms with van der Waals surface area (Å²) in [4.78, 5) is 36.8. The van der Waals surface area contributed by atoms with Crippen LogP contribution in [0.2, 0.25) is 0 Å². The first-order chi connectivity index (χ1) is 20.7. The van der Waals surface area contributed by atoms with Crippen molar-refractivity contribution in [3.63, 3.8) is 0 Å². The Morgan fingerprint density at radius 1 is 0.955 bits per heavy atom. The van der Waals surface area contributed by atoms with E-state index in [4.69, 9.17) is 9.47 Å². The highest BCUT2D eigenvalue weighted by molar-refractivity contribution is 7.92. The van der Waals surface area contributed by atoms with Crippen molar-refractivity contribution in [2.24, 2.45) is 11.8 Å². The number of nitrogens with one attached hydrogen (secondary N) is 2. The first-order valence-corrected chi connectivity index (χ1v) is 15.5. The summed E-state index contributed by atoms with van der Waals surface area (Å²) in [5.74, 6) is -4.55. The Hall–Kier alpha value is -3.88. The number of aliphatic carboxylic acids is 1. The van der Waals surface area contributed by atoms with Crippen molar-refractivity contribution in [3.05, 3.63) is 47.8 Å². The number of benzene rings is 2. The summed E-state index contributed by atoms with van der Waals surface area (Å²) in [6.07, 6.45) is 3.13. The number of sulfone groups is 1. The van der Waals surface area contributed by atoms with Crippen LogP contribution in [0.4, 0.5) is 23.2 Å². The van der Waals surface area contributed by atoms with Crippen molar-refractivity contribution in [1.29, 1.82) is 0 Å². The van der Waals surface area contributed by atoms with Gasteiger partial charge < -0.3 is 25.2 Å². The lowest BCUT2D eigenvalue weighted by Crippen LogP contribution is -2.46. The summed E-state index contributed by atoms with van der Waals surface area (Å²) < 4.78 is 88.5. The van der Waals surface area contributed by atoms with Crippen LogP contribution in [-0.2, 0) is 19.4 Å². The number of alkyl halides is 3. The van der Waals surface area contributed by atoms with Crippen LogP contribution < -0.4 is 20.1 Å². The van der Waals surface area contributed by atoms with Gasteiger partial charge in [-0.2, -0.15) is 13.2 Å². The van der Waals surface area contributed by atoms with E-state index in [0.717, 1.165) is 24.3 Å². The number of amides is 2. The molecule has 0 bridgehead atoms. The number of hydrogen-bond acceptors (Lipinski definition) is 7. The molecule has 240 valence electrons. The fourth-order valence-electron chi connectivity index (χ4n) is 5.55. The molecule has 2 aromatic rings. The molecule has 2 fully saturated rings. The predicted octanol–water partition coefficient (Wildman–Crippen LogP) is 5.08. The van der Waals surface area contributed by atoms with Crippen LogP contribution in [-0.4, -0.2) is 56.1 Å². The van der Waals surface area contributed by atoms with E-state index in [-0.39, 0.29) is 22.7 Å². The van der Waals surface area contributed by atoms with Crippen molar-refractivity contribution in [1.82, 2.24) is 5.32 Å². The second kappa shape index (κ2) is 13.4.